The summed E-state index contributed by atoms with van der Waals surface area (Å²) < 4.78 is 22.5. The summed E-state index contributed by atoms with van der Waals surface area (Å²) >= 11 is 0. The van der Waals surface area contributed by atoms with Gasteiger partial charge in [0, 0.05) is 12.8 Å². The second kappa shape index (κ2) is 30.8. The van der Waals surface area contributed by atoms with Crippen LogP contribution in [0.3, 0.4) is 0 Å². The Labute approximate surface area is 286 Å². The van der Waals surface area contributed by atoms with Crippen LogP contribution in [0.2, 0.25) is 0 Å². The number of aliphatic carboxylic acids is 1. The molecule has 0 bridgehead atoms. The van der Waals surface area contributed by atoms with E-state index in [0.29, 0.717) is 23.9 Å². The average Bonchev–Trinajstić information content (AvgIpc) is 3.02. The Balaban J connectivity index is 4.64. The van der Waals surface area contributed by atoms with Gasteiger partial charge in [-0.15, -0.1) is 0 Å². The number of hydrogen-bond acceptors (Lipinski definition) is 7. The first-order valence-electron chi connectivity index (χ1n) is 18.2. The number of carbonyl (C=O) groups is 3. The highest BCUT2D eigenvalue weighted by Crippen LogP contribution is 2.12. The Morgan fingerprint density at radius 2 is 1.21 bits per heavy atom. The number of carbonyl (C=O) groups excluding carboxylic acids is 2. The second-order valence-corrected chi connectivity index (χ2v) is 13.2. The molecule has 0 aromatic rings. The molecule has 272 valence electrons. The fourth-order valence-electron chi connectivity index (χ4n) is 4.55. The summed E-state index contributed by atoms with van der Waals surface area (Å²) in [4.78, 5) is 36.7. The number of rotatable bonds is 32. The molecular formula is C38H68NO8+. The van der Waals surface area contributed by atoms with Crippen LogP contribution in [0.1, 0.15) is 129 Å². The van der Waals surface area contributed by atoms with Crippen LogP contribution in [0.25, 0.3) is 0 Å². The number of quaternary nitrogens is 1. The molecule has 0 fully saturated rings. The van der Waals surface area contributed by atoms with Crippen molar-refractivity contribution in [1.82, 2.24) is 0 Å². The molecule has 0 aromatic heterocycles. The van der Waals surface area contributed by atoms with Gasteiger partial charge in [0.1, 0.15) is 13.2 Å². The van der Waals surface area contributed by atoms with Crippen LogP contribution in [-0.4, -0.2) is 87.4 Å². The van der Waals surface area contributed by atoms with Crippen molar-refractivity contribution in [2.45, 2.75) is 142 Å². The van der Waals surface area contributed by atoms with Crippen LogP contribution < -0.4 is 0 Å². The summed E-state index contributed by atoms with van der Waals surface area (Å²) in [7, 11) is 5.92. The van der Waals surface area contributed by atoms with Crippen molar-refractivity contribution >= 4 is 17.9 Å². The molecule has 0 rings (SSSR count). The molecule has 47 heavy (non-hydrogen) atoms. The summed E-state index contributed by atoms with van der Waals surface area (Å²) in [6.07, 6.45) is 27.9. The molecule has 0 amide bonds. The molecule has 0 aromatic carbocycles. The normalized spacial score (nSPS) is 13.5. The summed E-state index contributed by atoms with van der Waals surface area (Å²) in [5.41, 5.74) is 0. The molecule has 2 unspecified atom stereocenters. The number of hydrogen-bond donors (Lipinski definition) is 1. The first-order chi connectivity index (χ1) is 22.6. The minimum atomic E-state index is -1.51. The van der Waals surface area contributed by atoms with Crippen LogP contribution >= 0.6 is 0 Å². The van der Waals surface area contributed by atoms with Crippen LogP contribution in [0.4, 0.5) is 0 Å². The number of likely N-dealkylation sites (N-methyl/N-ethyl adjacent to an activating group) is 1. The van der Waals surface area contributed by atoms with E-state index in [0.717, 1.165) is 57.8 Å². The number of unbranched alkanes of at least 4 members (excludes halogenated alkanes) is 11. The fourth-order valence-corrected chi connectivity index (χ4v) is 4.55. The quantitative estimate of drug-likeness (QED) is 0.0251. The zero-order valence-corrected chi connectivity index (χ0v) is 30.4. The molecular weight excluding hydrogens is 598 g/mol. The number of carboxylic acid groups (broad SMARTS) is 1. The molecule has 0 aliphatic rings. The van der Waals surface area contributed by atoms with E-state index in [1.807, 2.05) is 21.1 Å². The fraction of sp³-hybridized carbons (Fsp3) is 0.763. The maximum atomic E-state index is 12.6. The van der Waals surface area contributed by atoms with Gasteiger partial charge in [0.05, 0.1) is 34.4 Å². The molecule has 0 heterocycles. The van der Waals surface area contributed by atoms with Gasteiger partial charge >= 0.3 is 17.9 Å². The van der Waals surface area contributed by atoms with Crippen molar-refractivity contribution in [3.05, 3.63) is 36.5 Å². The lowest BCUT2D eigenvalue weighted by Gasteiger charge is -2.25. The van der Waals surface area contributed by atoms with Gasteiger partial charge in [-0.1, -0.05) is 108 Å². The molecule has 0 aliphatic carbocycles. The second-order valence-electron chi connectivity index (χ2n) is 13.2. The summed E-state index contributed by atoms with van der Waals surface area (Å²) in [6, 6.07) is 0. The number of esters is 2. The van der Waals surface area contributed by atoms with Gasteiger partial charge in [0.15, 0.2) is 6.10 Å². The van der Waals surface area contributed by atoms with Gasteiger partial charge in [-0.05, 0) is 44.9 Å². The van der Waals surface area contributed by atoms with Crippen LogP contribution in [0.5, 0.6) is 0 Å². The molecule has 0 radical (unpaired) electrons. The lowest BCUT2D eigenvalue weighted by Crippen LogP contribution is -2.40. The summed E-state index contributed by atoms with van der Waals surface area (Å²) in [6.45, 7) is 4.66. The average molecular weight is 667 g/mol. The van der Waals surface area contributed by atoms with Gasteiger partial charge in [-0.25, -0.2) is 4.79 Å². The molecule has 0 saturated heterocycles. The molecule has 0 saturated carbocycles. The zero-order chi connectivity index (χ0) is 35.0. The maximum Gasteiger partial charge on any atom is 0.361 e. The Morgan fingerprint density at radius 1 is 0.660 bits per heavy atom. The Bertz CT molecular complexity index is 877. The highest BCUT2D eigenvalue weighted by atomic mass is 16.7. The largest absolute Gasteiger partial charge is 0.477 e. The van der Waals surface area contributed by atoms with Gasteiger partial charge in [-0.3, -0.25) is 9.59 Å². The smallest absolute Gasteiger partial charge is 0.361 e. The number of allylic oxidation sites excluding steroid dienone is 6. The summed E-state index contributed by atoms with van der Waals surface area (Å²) in [5.74, 6) is -2.06. The molecule has 1 N–H and O–H groups in total. The molecule has 0 spiro atoms. The number of nitrogens with zero attached hydrogens (tertiary/aromatic N) is 1. The lowest BCUT2D eigenvalue weighted by molar-refractivity contribution is -0.870. The van der Waals surface area contributed by atoms with Gasteiger partial charge in [0.25, 0.3) is 6.29 Å². The standard InChI is InChI=1S/C38H67NO8/c1-6-8-10-12-14-16-17-18-19-21-23-25-27-29-36(41)47-34(33-46-38(37(42)43)44-31-30-39(3,4)5)32-45-35(40)28-26-24-22-20-15-13-11-9-7-2/h8,10,14,16,18-19,34,38H,6-7,9,11-13,15,17,20-33H2,1-5H3/p+1/b10-8-,16-14-,19-18-. The SMILES string of the molecule is CC/C=C\C/C=C\C/C=C\CCCCCC(=O)OC(COC(=O)CCCCCCCCCCC)COC(OCC[N+](C)(C)C)C(=O)O. The Hall–Kier alpha value is -2.49. The van der Waals surface area contributed by atoms with Crippen LogP contribution in [0.15, 0.2) is 36.5 Å². The van der Waals surface area contributed by atoms with Crippen molar-refractivity contribution in [3.8, 4) is 0 Å². The van der Waals surface area contributed by atoms with Gasteiger partial charge in [-0.2, -0.15) is 0 Å². The van der Waals surface area contributed by atoms with Crippen molar-refractivity contribution in [1.29, 1.82) is 0 Å². The van der Waals surface area contributed by atoms with E-state index in [9.17, 15) is 19.5 Å². The van der Waals surface area contributed by atoms with E-state index >= 15 is 0 Å². The third-order valence-corrected chi connectivity index (χ3v) is 7.41. The molecule has 9 nitrogen and oxygen atoms in total. The van der Waals surface area contributed by atoms with Crippen molar-refractivity contribution in [2.75, 3.05) is 47.5 Å². The predicted octanol–water partition coefficient (Wildman–Crippen LogP) is 8.32. The first kappa shape index (κ1) is 44.5. The third-order valence-electron chi connectivity index (χ3n) is 7.41. The van der Waals surface area contributed by atoms with Crippen molar-refractivity contribution < 1.29 is 42.9 Å². The van der Waals surface area contributed by atoms with E-state index in [1.165, 1.54) is 38.5 Å². The number of ether oxygens (including phenoxy) is 4. The Kier molecular flexibility index (Phi) is 29.2. The predicted molar refractivity (Wildman–Crippen MR) is 189 cm³/mol. The van der Waals surface area contributed by atoms with Gasteiger partial charge < -0.3 is 28.5 Å². The molecule has 9 heteroatoms. The highest BCUT2D eigenvalue weighted by molar-refractivity contribution is 5.71. The minimum absolute atomic E-state index is 0.182. The molecule has 2 atom stereocenters. The maximum absolute atomic E-state index is 12.6. The third kappa shape index (κ3) is 31.9. The highest BCUT2D eigenvalue weighted by Gasteiger charge is 2.25. The summed E-state index contributed by atoms with van der Waals surface area (Å²) in [5, 5.41) is 9.56. The monoisotopic (exact) mass is 666 g/mol. The lowest BCUT2D eigenvalue weighted by atomic mass is 10.1. The number of carboxylic acids is 1. The van der Waals surface area contributed by atoms with E-state index in [4.69, 9.17) is 18.9 Å². The minimum Gasteiger partial charge on any atom is -0.477 e. The van der Waals surface area contributed by atoms with E-state index in [1.54, 1.807) is 0 Å². The van der Waals surface area contributed by atoms with Crippen LogP contribution in [-0.2, 0) is 33.3 Å². The van der Waals surface area contributed by atoms with E-state index in [-0.39, 0.29) is 32.2 Å². The zero-order valence-electron chi connectivity index (χ0n) is 30.4. The van der Waals surface area contributed by atoms with Crippen LogP contribution in [0, 0.1) is 0 Å². The first-order valence-corrected chi connectivity index (χ1v) is 18.2. The van der Waals surface area contributed by atoms with E-state index in [2.05, 4.69) is 50.3 Å². The van der Waals surface area contributed by atoms with Crippen molar-refractivity contribution in [3.63, 3.8) is 0 Å². The van der Waals surface area contributed by atoms with Crippen molar-refractivity contribution in [2.24, 2.45) is 0 Å². The van der Waals surface area contributed by atoms with E-state index < -0.39 is 24.3 Å². The molecule has 0 aliphatic heterocycles. The topological polar surface area (TPSA) is 108 Å². The Morgan fingerprint density at radius 3 is 1.81 bits per heavy atom. The van der Waals surface area contributed by atoms with Gasteiger partial charge in [0.2, 0.25) is 0 Å².